The van der Waals surface area contributed by atoms with Gasteiger partial charge in [0, 0.05) is 11.3 Å². The normalized spacial score (nSPS) is 18.8. The van der Waals surface area contributed by atoms with Gasteiger partial charge in [0.15, 0.2) is 0 Å². The third kappa shape index (κ3) is 3.95. The fourth-order valence-electron chi connectivity index (χ4n) is 4.92. The van der Waals surface area contributed by atoms with Crippen LogP contribution in [-0.2, 0) is 16.0 Å². The zero-order valence-electron chi connectivity index (χ0n) is 20.0. The molecule has 2 aliphatic rings. The highest BCUT2D eigenvalue weighted by Crippen LogP contribution is 2.44. The van der Waals surface area contributed by atoms with Crippen molar-refractivity contribution in [1.29, 1.82) is 0 Å². The number of hydrogen-bond acceptors (Lipinski definition) is 5. The first-order valence-electron chi connectivity index (χ1n) is 11.7. The summed E-state index contributed by atoms with van der Waals surface area (Å²) in [5, 5.41) is 11.4. The molecule has 0 saturated carbocycles. The molecule has 1 amide bonds. The van der Waals surface area contributed by atoms with E-state index in [0.29, 0.717) is 29.2 Å². The van der Waals surface area contributed by atoms with Gasteiger partial charge in [0.05, 0.1) is 25.3 Å². The first kappa shape index (κ1) is 22.7. The molecular weight excluding hydrogens is 442 g/mol. The zero-order valence-corrected chi connectivity index (χ0v) is 20.0. The number of anilines is 1. The molecule has 0 aliphatic carbocycles. The maximum Gasteiger partial charge on any atom is 0.300 e. The van der Waals surface area contributed by atoms with E-state index in [0.717, 1.165) is 35.3 Å². The molecule has 6 heteroatoms. The van der Waals surface area contributed by atoms with Gasteiger partial charge in [-0.1, -0.05) is 29.8 Å². The summed E-state index contributed by atoms with van der Waals surface area (Å²) < 4.78 is 11.0. The fraction of sp³-hybridized carbons (Fsp3) is 0.241. The van der Waals surface area contributed by atoms with Crippen LogP contribution in [0.3, 0.4) is 0 Å². The third-order valence-electron chi connectivity index (χ3n) is 6.67. The zero-order chi connectivity index (χ0) is 24.7. The lowest BCUT2D eigenvalue weighted by Crippen LogP contribution is -2.30. The molecule has 1 N–H and O–H groups in total. The minimum absolute atomic E-state index is 0.0665. The average Bonchev–Trinajstić information content (AvgIpc) is 3.13. The highest BCUT2D eigenvalue weighted by molar-refractivity contribution is 6.51. The van der Waals surface area contributed by atoms with Crippen LogP contribution in [0.4, 0.5) is 5.69 Å². The summed E-state index contributed by atoms with van der Waals surface area (Å²) in [6.07, 6.45) is 1.72. The molecule has 178 valence electrons. The molecule has 6 nitrogen and oxygen atoms in total. The second-order valence-corrected chi connectivity index (χ2v) is 9.01. The topological polar surface area (TPSA) is 76.1 Å². The molecule has 1 unspecified atom stereocenters. The van der Waals surface area contributed by atoms with Crippen molar-refractivity contribution in [3.8, 4) is 11.5 Å². The summed E-state index contributed by atoms with van der Waals surface area (Å²) in [6, 6.07) is 17.6. The molecule has 2 aliphatic heterocycles. The van der Waals surface area contributed by atoms with Crippen LogP contribution in [0, 0.1) is 13.8 Å². The molecule has 1 saturated heterocycles. The SMILES string of the molecule is COc1ccc(C2/C(=C(/O)c3ccc4c(c3)CCCO4)C(=O)C(=O)N2c2ccc(C)cc2C)cc1. The lowest BCUT2D eigenvalue weighted by atomic mass is 9.93. The number of benzene rings is 3. The number of aryl methyl sites for hydroxylation is 3. The van der Waals surface area contributed by atoms with Gasteiger partial charge in [0.1, 0.15) is 17.3 Å². The maximum atomic E-state index is 13.4. The molecular formula is C29H27NO5. The first-order valence-corrected chi connectivity index (χ1v) is 11.7. The molecule has 0 aromatic heterocycles. The molecule has 2 heterocycles. The van der Waals surface area contributed by atoms with Gasteiger partial charge in [-0.15, -0.1) is 0 Å². The van der Waals surface area contributed by atoms with Crippen molar-refractivity contribution in [2.24, 2.45) is 0 Å². The molecule has 1 atom stereocenters. The van der Waals surface area contributed by atoms with Gasteiger partial charge in [0.25, 0.3) is 11.7 Å². The number of nitrogens with zero attached hydrogens (tertiary/aromatic N) is 1. The quantitative estimate of drug-likeness (QED) is 0.320. The highest BCUT2D eigenvalue weighted by Gasteiger charge is 2.47. The van der Waals surface area contributed by atoms with Gasteiger partial charge >= 0.3 is 0 Å². The number of ether oxygens (including phenoxy) is 2. The van der Waals surface area contributed by atoms with Crippen LogP contribution in [0.5, 0.6) is 11.5 Å². The molecule has 1 fully saturated rings. The van der Waals surface area contributed by atoms with Gasteiger partial charge in [-0.2, -0.15) is 0 Å². The molecule has 0 radical (unpaired) electrons. The van der Waals surface area contributed by atoms with Crippen molar-refractivity contribution in [3.05, 3.63) is 94.1 Å². The van der Waals surface area contributed by atoms with E-state index in [9.17, 15) is 14.7 Å². The van der Waals surface area contributed by atoms with E-state index < -0.39 is 17.7 Å². The summed E-state index contributed by atoms with van der Waals surface area (Å²) in [5.41, 5.74) is 4.80. The Morgan fingerprint density at radius 1 is 1.03 bits per heavy atom. The number of aliphatic hydroxyl groups is 1. The van der Waals surface area contributed by atoms with Crippen LogP contribution in [0.25, 0.3) is 5.76 Å². The van der Waals surface area contributed by atoms with E-state index in [-0.39, 0.29) is 11.3 Å². The third-order valence-corrected chi connectivity index (χ3v) is 6.67. The van der Waals surface area contributed by atoms with Crippen LogP contribution in [0.2, 0.25) is 0 Å². The number of Topliss-reactive ketones (excluding diaryl/α,β-unsaturated/α-hetero) is 1. The Morgan fingerprint density at radius 2 is 1.80 bits per heavy atom. The Balaban J connectivity index is 1.70. The van der Waals surface area contributed by atoms with Crippen molar-refractivity contribution in [3.63, 3.8) is 0 Å². The van der Waals surface area contributed by atoms with E-state index >= 15 is 0 Å². The Morgan fingerprint density at radius 3 is 2.51 bits per heavy atom. The number of aliphatic hydroxyl groups excluding tert-OH is 1. The number of fused-ring (bicyclic) bond motifs is 1. The lowest BCUT2D eigenvalue weighted by molar-refractivity contribution is -0.132. The molecule has 0 spiro atoms. The van der Waals surface area contributed by atoms with Crippen molar-refractivity contribution < 1.29 is 24.2 Å². The van der Waals surface area contributed by atoms with Crippen molar-refractivity contribution >= 4 is 23.1 Å². The largest absolute Gasteiger partial charge is 0.507 e. The van der Waals surface area contributed by atoms with Crippen LogP contribution < -0.4 is 14.4 Å². The monoisotopic (exact) mass is 469 g/mol. The van der Waals surface area contributed by atoms with Crippen LogP contribution in [0.1, 0.15) is 40.3 Å². The second-order valence-electron chi connectivity index (χ2n) is 9.01. The number of amides is 1. The van der Waals surface area contributed by atoms with Gasteiger partial charge in [-0.05, 0) is 79.8 Å². The molecule has 5 rings (SSSR count). The summed E-state index contributed by atoms with van der Waals surface area (Å²) in [6.45, 7) is 4.55. The summed E-state index contributed by atoms with van der Waals surface area (Å²) in [4.78, 5) is 28.3. The predicted octanol–water partition coefficient (Wildman–Crippen LogP) is 5.26. The number of hydrogen-bond donors (Lipinski definition) is 1. The Hall–Kier alpha value is -4.06. The standard InChI is InChI=1S/C29H27NO5/c1-17-6-12-23(18(2)15-17)30-26(19-7-10-22(34-3)11-8-19)25(28(32)29(30)33)27(31)21-9-13-24-20(16-21)5-4-14-35-24/h6-13,15-16,26,31H,4-5,14H2,1-3H3/b27-25-. The number of ketones is 1. The number of carbonyl (C=O) groups excluding carboxylic acids is 2. The van der Waals surface area contributed by atoms with E-state index in [1.165, 1.54) is 4.90 Å². The van der Waals surface area contributed by atoms with Gasteiger partial charge in [0.2, 0.25) is 0 Å². The number of rotatable bonds is 4. The molecule has 0 bridgehead atoms. The van der Waals surface area contributed by atoms with E-state index in [1.54, 1.807) is 25.3 Å². The lowest BCUT2D eigenvalue weighted by Gasteiger charge is -2.27. The summed E-state index contributed by atoms with van der Waals surface area (Å²) in [7, 11) is 1.58. The van der Waals surface area contributed by atoms with Crippen LogP contribution >= 0.6 is 0 Å². The van der Waals surface area contributed by atoms with E-state index in [2.05, 4.69) is 0 Å². The van der Waals surface area contributed by atoms with E-state index in [4.69, 9.17) is 9.47 Å². The Labute approximate surface area is 204 Å². The Bertz CT molecular complexity index is 1360. The molecule has 3 aromatic carbocycles. The fourth-order valence-corrected chi connectivity index (χ4v) is 4.92. The van der Waals surface area contributed by atoms with Crippen molar-refractivity contribution in [2.45, 2.75) is 32.7 Å². The molecule has 35 heavy (non-hydrogen) atoms. The van der Waals surface area contributed by atoms with Crippen LogP contribution in [-0.4, -0.2) is 30.5 Å². The minimum Gasteiger partial charge on any atom is -0.507 e. The number of methoxy groups -OCH3 is 1. The minimum atomic E-state index is -0.783. The summed E-state index contributed by atoms with van der Waals surface area (Å²) >= 11 is 0. The van der Waals surface area contributed by atoms with Gasteiger partial charge in [-0.25, -0.2) is 0 Å². The average molecular weight is 470 g/mol. The van der Waals surface area contributed by atoms with E-state index in [1.807, 2.05) is 56.3 Å². The summed E-state index contributed by atoms with van der Waals surface area (Å²) in [5.74, 6) is -0.121. The Kier molecular flexibility index (Phi) is 5.81. The first-order chi connectivity index (χ1) is 16.9. The smallest absolute Gasteiger partial charge is 0.300 e. The van der Waals surface area contributed by atoms with Crippen molar-refractivity contribution in [1.82, 2.24) is 0 Å². The predicted molar refractivity (Wildman–Crippen MR) is 134 cm³/mol. The van der Waals surface area contributed by atoms with Gasteiger partial charge in [-0.3, -0.25) is 14.5 Å². The van der Waals surface area contributed by atoms with Crippen molar-refractivity contribution in [2.75, 3.05) is 18.6 Å². The molecule has 3 aromatic rings. The highest BCUT2D eigenvalue weighted by atomic mass is 16.5. The van der Waals surface area contributed by atoms with Gasteiger partial charge < -0.3 is 14.6 Å². The maximum absolute atomic E-state index is 13.4. The number of carbonyl (C=O) groups is 2. The second kappa shape index (κ2) is 8.95. The van der Waals surface area contributed by atoms with Crippen LogP contribution in [0.15, 0.2) is 66.2 Å².